The van der Waals surface area contributed by atoms with E-state index in [0.717, 1.165) is 30.1 Å². The van der Waals surface area contributed by atoms with E-state index in [9.17, 15) is 5.11 Å². The number of hydrogen-bond donors (Lipinski definition) is 2. The highest BCUT2D eigenvalue weighted by Crippen LogP contribution is 2.35. The van der Waals surface area contributed by atoms with Crippen molar-refractivity contribution < 1.29 is 5.11 Å². The summed E-state index contributed by atoms with van der Waals surface area (Å²) in [6.45, 7) is 4.81. The van der Waals surface area contributed by atoms with Gasteiger partial charge >= 0.3 is 0 Å². The van der Waals surface area contributed by atoms with E-state index < -0.39 is 0 Å². The summed E-state index contributed by atoms with van der Waals surface area (Å²) in [5.41, 5.74) is 2.32. The van der Waals surface area contributed by atoms with Gasteiger partial charge in [0.25, 0.3) is 0 Å². The number of hydrogen-bond acceptors (Lipinski definition) is 3. The Morgan fingerprint density at radius 3 is 2.84 bits per heavy atom. The highest BCUT2D eigenvalue weighted by Gasteiger charge is 2.30. The Hall–Kier alpha value is -0.770. The molecule has 0 aromatic heterocycles. The van der Waals surface area contributed by atoms with Crippen LogP contribution in [0.3, 0.4) is 0 Å². The molecule has 19 heavy (non-hydrogen) atoms. The fourth-order valence-corrected chi connectivity index (χ4v) is 2.61. The third-order valence-corrected chi connectivity index (χ3v) is 3.81. The smallest absolute Gasteiger partial charge is 0.0606 e. The molecule has 2 N–H and O–H groups in total. The summed E-state index contributed by atoms with van der Waals surface area (Å²) in [6, 6.07) is 6.63. The molecule has 1 aromatic carbocycles. The fraction of sp³-hybridized carbons (Fsp3) is 0.600. The van der Waals surface area contributed by atoms with Gasteiger partial charge in [-0.15, -0.1) is 0 Å². The number of aliphatic hydroxyl groups is 1. The van der Waals surface area contributed by atoms with Crippen molar-refractivity contribution in [2.24, 2.45) is 0 Å². The Bertz CT molecular complexity index is 407. The molecule has 1 aliphatic rings. The van der Waals surface area contributed by atoms with E-state index in [0.29, 0.717) is 12.6 Å². The molecular formula is C15H23ClN2O. The van der Waals surface area contributed by atoms with Crippen LogP contribution >= 0.6 is 11.6 Å². The maximum absolute atomic E-state index is 9.26. The van der Waals surface area contributed by atoms with E-state index in [4.69, 9.17) is 11.6 Å². The lowest BCUT2D eigenvalue weighted by Crippen LogP contribution is -2.30. The van der Waals surface area contributed by atoms with Gasteiger partial charge in [0.15, 0.2) is 0 Å². The Morgan fingerprint density at radius 1 is 1.42 bits per heavy atom. The molecule has 0 aliphatic heterocycles. The lowest BCUT2D eigenvalue weighted by atomic mass is 10.1. The van der Waals surface area contributed by atoms with Crippen molar-refractivity contribution in [2.45, 2.75) is 38.8 Å². The SMILES string of the molecule is CCCNCc1c(Cl)cccc1N(CCO)C1CC1. The first kappa shape index (κ1) is 14.6. The summed E-state index contributed by atoms with van der Waals surface area (Å²) in [5.74, 6) is 0. The van der Waals surface area contributed by atoms with Crippen molar-refractivity contribution in [1.29, 1.82) is 0 Å². The van der Waals surface area contributed by atoms with Crippen LogP contribution < -0.4 is 10.2 Å². The molecule has 2 rings (SSSR count). The fourth-order valence-electron chi connectivity index (χ4n) is 2.38. The number of halogens is 1. The molecule has 0 atom stereocenters. The van der Waals surface area contributed by atoms with E-state index in [1.54, 1.807) is 0 Å². The van der Waals surface area contributed by atoms with Crippen LogP contribution in [0, 0.1) is 0 Å². The average molecular weight is 283 g/mol. The van der Waals surface area contributed by atoms with Crippen LogP contribution in [0.2, 0.25) is 5.02 Å². The number of nitrogens with one attached hydrogen (secondary N) is 1. The molecule has 1 saturated carbocycles. The first-order valence-corrected chi connectivity index (χ1v) is 7.51. The minimum atomic E-state index is 0.185. The van der Waals surface area contributed by atoms with Crippen LogP contribution in [0.5, 0.6) is 0 Å². The van der Waals surface area contributed by atoms with Gasteiger partial charge in [0.1, 0.15) is 0 Å². The van der Waals surface area contributed by atoms with E-state index in [-0.39, 0.29) is 6.61 Å². The molecule has 0 amide bonds. The number of benzene rings is 1. The molecule has 0 saturated heterocycles. The van der Waals surface area contributed by atoms with Crippen LogP contribution in [-0.2, 0) is 6.54 Å². The van der Waals surface area contributed by atoms with Crippen molar-refractivity contribution in [2.75, 3.05) is 24.6 Å². The lowest BCUT2D eigenvalue weighted by Gasteiger charge is -2.27. The molecule has 1 aromatic rings. The standard InChI is InChI=1S/C15H23ClN2O/c1-2-8-17-11-13-14(16)4-3-5-15(13)18(9-10-19)12-6-7-12/h3-5,12,17,19H,2,6-11H2,1H3. The minimum Gasteiger partial charge on any atom is -0.395 e. The van der Waals surface area contributed by atoms with Gasteiger partial charge in [0.2, 0.25) is 0 Å². The number of rotatable bonds is 8. The van der Waals surface area contributed by atoms with Gasteiger partial charge in [-0.05, 0) is 37.9 Å². The van der Waals surface area contributed by atoms with E-state index in [1.807, 2.05) is 12.1 Å². The van der Waals surface area contributed by atoms with E-state index in [1.165, 1.54) is 18.5 Å². The van der Waals surface area contributed by atoms with Gasteiger partial charge in [-0.25, -0.2) is 0 Å². The van der Waals surface area contributed by atoms with Crippen LogP contribution in [0.25, 0.3) is 0 Å². The lowest BCUT2D eigenvalue weighted by molar-refractivity contribution is 0.301. The largest absolute Gasteiger partial charge is 0.395 e. The molecule has 106 valence electrons. The first-order valence-electron chi connectivity index (χ1n) is 7.13. The summed E-state index contributed by atoms with van der Waals surface area (Å²) in [5, 5.41) is 13.5. The Balaban J connectivity index is 2.19. The van der Waals surface area contributed by atoms with Gasteiger partial charge in [-0.1, -0.05) is 24.6 Å². The predicted molar refractivity (Wildman–Crippen MR) is 80.9 cm³/mol. The number of aliphatic hydroxyl groups excluding tert-OH is 1. The third kappa shape index (κ3) is 3.85. The predicted octanol–water partition coefficient (Wildman–Crippen LogP) is 2.80. The van der Waals surface area contributed by atoms with Crippen LogP contribution in [0.1, 0.15) is 31.7 Å². The van der Waals surface area contributed by atoms with E-state index >= 15 is 0 Å². The Labute approximate surface area is 120 Å². The molecule has 0 heterocycles. The van der Waals surface area contributed by atoms with Crippen LogP contribution in [0.4, 0.5) is 5.69 Å². The van der Waals surface area contributed by atoms with Gasteiger partial charge in [0.05, 0.1) is 6.61 Å². The zero-order chi connectivity index (χ0) is 13.7. The second kappa shape index (κ2) is 7.13. The van der Waals surface area contributed by atoms with Crippen LogP contribution in [0.15, 0.2) is 18.2 Å². The topological polar surface area (TPSA) is 35.5 Å². The molecule has 0 radical (unpaired) electrons. The molecule has 1 aliphatic carbocycles. The summed E-state index contributed by atoms with van der Waals surface area (Å²) in [4.78, 5) is 2.30. The second-order valence-corrected chi connectivity index (χ2v) is 5.47. The molecule has 0 spiro atoms. The Kier molecular flexibility index (Phi) is 5.49. The number of nitrogens with zero attached hydrogens (tertiary/aromatic N) is 1. The molecular weight excluding hydrogens is 260 g/mol. The van der Waals surface area contributed by atoms with Gasteiger partial charge in [0, 0.05) is 35.4 Å². The zero-order valence-electron chi connectivity index (χ0n) is 11.5. The monoisotopic (exact) mass is 282 g/mol. The Morgan fingerprint density at radius 2 is 2.21 bits per heavy atom. The highest BCUT2D eigenvalue weighted by atomic mass is 35.5. The maximum Gasteiger partial charge on any atom is 0.0606 e. The van der Waals surface area contributed by atoms with E-state index in [2.05, 4.69) is 23.2 Å². The van der Waals surface area contributed by atoms with Gasteiger partial charge in [-0.3, -0.25) is 0 Å². The highest BCUT2D eigenvalue weighted by molar-refractivity contribution is 6.31. The molecule has 0 unspecified atom stereocenters. The second-order valence-electron chi connectivity index (χ2n) is 5.06. The summed E-state index contributed by atoms with van der Waals surface area (Å²) in [7, 11) is 0. The summed E-state index contributed by atoms with van der Waals surface area (Å²) >= 11 is 6.35. The maximum atomic E-state index is 9.26. The van der Waals surface area contributed by atoms with Gasteiger partial charge < -0.3 is 15.3 Å². The molecule has 4 heteroatoms. The summed E-state index contributed by atoms with van der Waals surface area (Å²) < 4.78 is 0. The molecule has 3 nitrogen and oxygen atoms in total. The van der Waals surface area contributed by atoms with Crippen molar-refractivity contribution in [3.63, 3.8) is 0 Å². The van der Waals surface area contributed by atoms with Crippen molar-refractivity contribution in [3.8, 4) is 0 Å². The van der Waals surface area contributed by atoms with Crippen molar-refractivity contribution >= 4 is 17.3 Å². The third-order valence-electron chi connectivity index (χ3n) is 3.46. The summed E-state index contributed by atoms with van der Waals surface area (Å²) in [6.07, 6.45) is 3.55. The average Bonchev–Trinajstić information content (AvgIpc) is 3.22. The van der Waals surface area contributed by atoms with Gasteiger partial charge in [-0.2, -0.15) is 0 Å². The molecule has 1 fully saturated rings. The zero-order valence-corrected chi connectivity index (χ0v) is 12.3. The molecule has 0 bridgehead atoms. The first-order chi connectivity index (χ1) is 9.27. The van der Waals surface area contributed by atoms with Crippen molar-refractivity contribution in [1.82, 2.24) is 5.32 Å². The minimum absolute atomic E-state index is 0.185. The normalized spacial score (nSPS) is 14.7. The van der Waals surface area contributed by atoms with Crippen LogP contribution in [-0.4, -0.2) is 30.8 Å². The van der Waals surface area contributed by atoms with Crippen molar-refractivity contribution in [3.05, 3.63) is 28.8 Å². The number of anilines is 1. The quantitative estimate of drug-likeness (QED) is 0.720.